The third kappa shape index (κ3) is 2.93. The minimum Gasteiger partial charge on any atom is -0.467 e. The van der Waals surface area contributed by atoms with Gasteiger partial charge < -0.3 is 19.3 Å². The van der Waals surface area contributed by atoms with Crippen molar-refractivity contribution < 1.29 is 38.5 Å². The summed E-state index contributed by atoms with van der Waals surface area (Å²) in [6.45, 7) is 1.14. The van der Waals surface area contributed by atoms with Gasteiger partial charge in [-0.05, 0) is 12.5 Å². The van der Waals surface area contributed by atoms with E-state index in [9.17, 15) is 24.3 Å². The number of hydrogen-bond acceptors (Lipinski definition) is 8. The van der Waals surface area contributed by atoms with Crippen molar-refractivity contribution in [2.75, 3.05) is 21.3 Å². The first-order valence-corrected chi connectivity index (χ1v) is 8.03. The van der Waals surface area contributed by atoms with Crippen LogP contribution in [0.25, 0.3) is 0 Å². The van der Waals surface area contributed by atoms with Crippen LogP contribution < -0.4 is 0 Å². The molecule has 2 unspecified atom stereocenters. The smallest absolute Gasteiger partial charge is 0.346 e. The van der Waals surface area contributed by atoms with E-state index < -0.39 is 47.4 Å². The predicted octanol–water partition coefficient (Wildman–Crippen LogP) is -0.0312. The predicted molar refractivity (Wildman–Crippen MR) is 90.0 cm³/mol. The molecular formula is C18H21NO8. The lowest BCUT2D eigenvalue weighted by atomic mass is 9.80. The minimum atomic E-state index is -2.58. The summed E-state index contributed by atoms with van der Waals surface area (Å²) in [7, 11) is 3.11. The number of aliphatic hydroxyl groups is 1. The molecule has 0 aromatic heterocycles. The first-order chi connectivity index (χ1) is 12.7. The first kappa shape index (κ1) is 20.4. The maximum absolute atomic E-state index is 12.8. The zero-order chi connectivity index (χ0) is 20.4. The molecule has 1 N–H and O–H groups in total. The molecule has 0 spiro atoms. The molecule has 1 amide bonds. The number of ether oxygens (including phenoxy) is 3. The Bertz CT molecular complexity index is 742. The molecule has 0 aliphatic carbocycles. The van der Waals surface area contributed by atoms with Crippen LogP contribution in [0.1, 0.15) is 24.9 Å². The summed E-state index contributed by atoms with van der Waals surface area (Å²) in [5.74, 6) is -4.16. The second kappa shape index (κ2) is 7.36. The zero-order valence-electron chi connectivity index (χ0n) is 15.4. The van der Waals surface area contributed by atoms with Gasteiger partial charge in [-0.15, -0.1) is 0 Å². The average Bonchev–Trinajstić information content (AvgIpc) is 2.87. The Hall–Kier alpha value is -2.94. The van der Waals surface area contributed by atoms with E-state index in [0.29, 0.717) is 4.90 Å². The summed E-state index contributed by atoms with van der Waals surface area (Å²) in [6, 6.07) is 6.50. The van der Waals surface area contributed by atoms with Crippen molar-refractivity contribution in [3.63, 3.8) is 0 Å². The van der Waals surface area contributed by atoms with Gasteiger partial charge in [-0.25, -0.2) is 14.4 Å². The number of rotatable bonds is 5. The minimum absolute atomic E-state index is 0.285. The molecule has 146 valence electrons. The third-order valence-corrected chi connectivity index (χ3v) is 4.66. The van der Waals surface area contributed by atoms with Crippen molar-refractivity contribution >= 4 is 23.8 Å². The highest BCUT2D eigenvalue weighted by molar-refractivity contribution is 6.13. The molecule has 9 nitrogen and oxygen atoms in total. The van der Waals surface area contributed by atoms with Crippen molar-refractivity contribution in [1.29, 1.82) is 0 Å². The monoisotopic (exact) mass is 379 g/mol. The Labute approximate surface area is 155 Å². The molecule has 1 aromatic rings. The Morgan fingerprint density at radius 1 is 1.04 bits per heavy atom. The maximum Gasteiger partial charge on any atom is 0.346 e. The van der Waals surface area contributed by atoms with Crippen molar-refractivity contribution in [1.82, 2.24) is 4.90 Å². The van der Waals surface area contributed by atoms with Gasteiger partial charge in [0.2, 0.25) is 5.91 Å². The third-order valence-electron chi connectivity index (χ3n) is 4.66. The fraction of sp³-hybridized carbons (Fsp3) is 0.444. The molecular weight excluding hydrogens is 358 g/mol. The highest BCUT2D eigenvalue weighted by Crippen LogP contribution is 2.46. The largest absolute Gasteiger partial charge is 0.467 e. The number of methoxy groups -OCH3 is 3. The Balaban J connectivity index is 2.82. The highest BCUT2D eigenvalue weighted by atomic mass is 16.6. The van der Waals surface area contributed by atoms with Gasteiger partial charge >= 0.3 is 17.9 Å². The molecule has 2 rings (SSSR count). The lowest BCUT2D eigenvalue weighted by Gasteiger charge is -2.42. The molecule has 1 aromatic carbocycles. The fourth-order valence-electron chi connectivity index (χ4n) is 3.44. The summed E-state index contributed by atoms with van der Waals surface area (Å²) in [5.41, 5.74) is -4.49. The molecule has 0 bridgehead atoms. The van der Waals surface area contributed by atoms with Crippen LogP contribution in [-0.4, -0.2) is 66.3 Å². The fourth-order valence-corrected chi connectivity index (χ4v) is 3.44. The van der Waals surface area contributed by atoms with Crippen molar-refractivity contribution in [2.45, 2.75) is 30.5 Å². The topological polar surface area (TPSA) is 119 Å². The number of likely N-dealkylation sites (tertiary alicyclic amines) is 1. The molecule has 1 fully saturated rings. The molecule has 1 aliphatic rings. The molecule has 1 saturated heterocycles. The van der Waals surface area contributed by atoms with Gasteiger partial charge in [0.1, 0.15) is 5.60 Å². The summed E-state index contributed by atoms with van der Waals surface area (Å²) < 4.78 is 14.3. The molecule has 2 atom stereocenters. The van der Waals surface area contributed by atoms with Crippen LogP contribution in [-0.2, 0) is 33.4 Å². The van der Waals surface area contributed by atoms with Gasteiger partial charge in [0, 0.05) is 0 Å². The van der Waals surface area contributed by atoms with Crippen LogP contribution >= 0.6 is 0 Å². The Morgan fingerprint density at radius 3 is 2.00 bits per heavy atom. The van der Waals surface area contributed by atoms with E-state index >= 15 is 0 Å². The van der Waals surface area contributed by atoms with Gasteiger partial charge in [-0.1, -0.05) is 30.3 Å². The number of benzene rings is 1. The molecule has 9 heteroatoms. The SMILES string of the molecule is COC(=O)C(c1ccccc1)N1C(=O)CC(C)(O)C1(C(=O)OC)C(=O)OC. The molecule has 1 heterocycles. The van der Waals surface area contributed by atoms with Gasteiger partial charge in [0.15, 0.2) is 6.04 Å². The summed E-state index contributed by atoms with van der Waals surface area (Å²) >= 11 is 0. The molecule has 0 radical (unpaired) electrons. The second-order valence-corrected chi connectivity index (χ2v) is 6.24. The number of esters is 3. The van der Waals surface area contributed by atoms with E-state index in [2.05, 4.69) is 0 Å². The van der Waals surface area contributed by atoms with Gasteiger partial charge in [0.25, 0.3) is 5.54 Å². The summed E-state index contributed by atoms with van der Waals surface area (Å²) in [6.07, 6.45) is -0.600. The van der Waals surface area contributed by atoms with E-state index in [1.54, 1.807) is 18.2 Å². The second-order valence-electron chi connectivity index (χ2n) is 6.24. The number of nitrogens with zero attached hydrogens (tertiary/aromatic N) is 1. The van der Waals surface area contributed by atoms with Gasteiger partial charge in [-0.3, -0.25) is 9.69 Å². The number of carbonyl (C=O) groups excluding carboxylic acids is 4. The maximum atomic E-state index is 12.8. The van der Waals surface area contributed by atoms with E-state index in [4.69, 9.17) is 14.2 Å². The summed E-state index contributed by atoms with van der Waals surface area (Å²) in [4.78, 5) is 51.5. The first-order valence-electron chi connectivity index (χ1n) is 8.03. The van der Waals surface area contributed by atoms with Crippen LogP contribution in [0.15, 0.2) is 30.3 Å². The number of carbonyl (C=O) groups is 4. The molecule has 0 saturated carbocycles. The van der Waals surface area contributed by atoms with E-state index in [1.807, 2.05) is 0 Å². The Kier molecular flexibility index (Phi) is 5.55. The van der Waals surface area contributed by atoms with Crippen molar-refractivity contribution in [3.8, 4) is 0 Å². The van der Waals surface area contributed by atoms with E-state index in [-0.39, 0.29) is 5.56 Å². The molecule has 27 heavy (non-hydrogen) atoms. The number of hydrogen-bond donors (Lipinski definition) is 1. The quantitative estimate of drug-likeness (QED) is 0.430. The van der Waals surface area contributed by atoms with E-state index in [0.717, 1.165) is 28.3 Å². The lowest BCUT2D eigenvalue weighted by molar-refractivity contribution is -0.190. The van der Waals surface area contributed by atoms with E-state index in [1.165, 1.54) is 12.1 Å². The zero-order valence-corrected chi connectivity index (χ0v) is 15.4. The van der Waals surface area contributed by atoms with Crippen molar-refractivity contribution in [3.05, 3.63) is 35.9 Å². The average molecular weight is 379 g/mol. The number of amides is 1. The lowest BCUT2D eigenvalue weighted by Crippen LogP contribution is -2.69. The molecule has 1 aliphatic heterocycles. The normalized spacial score (nSPS) is 22.1. The summed E-state index contributed by atoms with van der Waals surface area (Å²) in [5, 5.41) is 10.9. The van der Waals surface area contributed by atoms with Gasteiger partial charge in [-0.2, -0.15) is 0 Å². The highest BCUT2D eigenvalue weighted by Gasteiger charge is 2.73. The van der Waals surface area contributed by atoms with Crippen molar-refractivity contribution in [2.24, 2.45) is 0 Å². The van der Waals surface area contributed by atoms with Crippen LogP contribution in [0.2, 0.25) is 0 Å². The van der Waals surface area contributed by atoms with Crippen LogP contribution in [0.5, 0.6) is 0 Å². The van der Waals surface area contributed by atoms with Crippen LogP contribution in [0, 0.1) is 0 Å². The van der Waals surface area contributed by atoms with Crippen LogP contribution in [0.3, 0.4) is 0 Å². The van der Waals surface area contributed by atoms with Crippen LogP contribution in [0.4, 0.5) is 0 Å². The van der Waals surface area contributed by atoms with Gasteiger partial charge in [0.05, 0.1) is 27.8 Å². The Morgan fingerprint density at radius 2 is 1.56 bits per heavy atom. The standard InChI is InChI=1S/C18H21NO8/c1-17(24)10-12(20)19(18(17,15(22)26-3)16(23)27-4)13(14(21)25-2)11-8-6-5-7-9-11/h5-9,13,24H,10H2,1-4H3.